The van der Waals surface area contributed by atoms with Crippen LogP contribution in [0.25, 0.3) is 0 Å². The maximum atomic E-state index is 13.8. The van der Waals surface area contributed by atoms with Gasteiger partial charge in [-0.3, -0.25) is 9.59 Å². The molecule has 0 amide bonds. The molecule has 1 saturated heterocycles. The number of ether oxygens (including phenoxy) is 3. The molecule has 1 aromatic heterocycles. The molecule has 5 aliphatic rings. The van der Waals surface area contributed by atoms with Crippen molar-refractivity contribution in [3.8, 4) is 11.9 Å². The van der Waals surface area contributed by atoms with Gasteiger partial charge in [0.25, 0.3) is 0 Å². The van der Waals surface area contributed by atoms with Crippen LogP contribution in [-0.2, 0) is 19.1 Å². The molecule has 37 heavy (non-hydrogen) atoms. The zero-order chi connectivity index (χ0) is 26.2. The number of ketones is 2. The summed E-state index contributed by atoms with van der Waals surface area (Å²) in [4.78, 5) is 30.2. The molecule has 1 aliphatic heterocycles. The summed E-state index contributed by atoms with van der Waals surface area (Å²) < 4.78 is 18.5. The minimum Gasteiger partial charge on any atom is -0.481 e. The van der Waals surface area contributed by atoms with E-state index >= 15 is 0 Å². The van der Waals surface area contributed by atoms with Crippen LogP contribution in [-0.4, -0.2) is 46.6 Å². The Labute approximate surface area is 216 Å². The number of nitrogens with zero attached hydrogens (tertiary/aromatic N) is 2. The lowest BCUT2D eigenvalue weighted by atomic mass is 9.46. The molecule has 0 bridgehead atoms. The number of Topliss-reactive ketones (excluding diaryl/α,β-unsaturated/α-hetero) is 1. The first-order chi connectivity index (χ1) is 17.7. The summed E-state index contributed by atoms with van der Waals surface area (Å²) in [5.41, 5.74) is -0.853. The SMILES string of the molecule is COc1ncccc1C1O[C@@H]2C[C@H]3[C@@H]4CC=C5CC(=O)C=C[C@]5(C)[C@H]4[C@@H](O)C[C@]3(C)[C@]2(C(=O)CC#N)O1. The number of pyridine rings is 1. The average molecular weight is 505 g/mol. The highest BCUT2D eigenvalue weighted by atomic mass is 16.7. The van der Waals surface area contributed by atoms with Gasteiger partial charge in [0.15, 0.2) is 23.5 Å². The van der Waals surface area contributed by atoms with Gasteiger partial charge in [-0.15, -0.1) is 0 Å². The molecule has 8 heteroatoms. The van der Waals surface area contributed by atoms with E-state index in [0.29, 0.717) is 30.7 Å². The molecule has 0 radical (unpaired) electrons. The lowest BCUT2D eigenvalue weighted by molar-refractivity contribution is -0.197. The number of allylic oxidation sites excluding steroid dienone is 4. The maximum Gasteiger partial charge on any atom is 0.221 e. The summed E-state index contributed by atoms with van der Waals surface area (Å²) >= 11 is 0. The number of nitriles is 1. The van der Waals surface area contributed by atoms with Crippen LogP contribution in [0.15, 0.2) is 42.1 Å². The highest BCUT2D eigenvalue weighted by Gasteiger charge is 2.75. The first kappa shape index (κ1) is 24.5. The van der Waals surface area contributed by atoms with E-state index in [4.69, 9.17) is 14.2 Å². The number of carbonyl (C=O) groups excluding carboxylic acids is 2. The first-order valence-corrected chi connectivity index (χ1v) is 13.0. The summed E-state index contributed by atoms with van der Waals surface area (Å²) in [6.07, 6.45) is 7.01. The lowest BCUT2D eigenvalue weighted by Crippen LogP contribution is -2.62. The Morgan fingerprint density at radius 3 is 2.95 bits per heavy atom. The van der Waals surface area contributed by atoms with Crippen molar-refractivity contribution in [1.29, 1.82) is 5.26 Å². The van der Waals surface area contributed by atoms with Gasteiger partial charge in [0.2, 0.25) is 5.88 Å². The summed E-state index contributed by atoms with van der Waals surface area (Å²) in [7, 11) is 1.52. The fraction of sp³-hybridized carbons (Fsp3) is 0.586. The van der Waals surface area contributed by atoms with Crippen molar-refractivity contribution in [3.05, 3.63) is 47.7 Å². The Hall–Kier alpha value is -2.86. The number of hydrogen-bond donors (Lipinski definition) is 1. The van der Waals surface area contributed by atoms with Gasteiger partial charge in [-0.1, -0.05) is 31.6 Å². The third kappa shape index (κ3) is 3.14. The normalized spacial score (nSPS) is 43.6. The van der Waals surface area contributed by atoms with Gasteiger partial charge >= 0.3 is 0 Å². The van der Waals surface area contributed by atoms with E-state index < -0.39 is 34.9 Å². The molecule has 1 aromatic rings. The quantitative estimate of drug-likeness (QED) is 0.618. The van der Waals surface area contributed by atoms with Crippen LogP contribution in [0.5, 0.6) is 5.88 Å². The zero-order valence-corrected chi connectivity index (χ0v) is 21.3. The molecular formula is C29H32N2O6. The van der Waals surface area contributed by atoms with Crippen LogP contribution in [0.3, 0.4) is 0 Å². The van der Waals surface area contributed by atoms with Crippen LogP contribution in [0.2, 0.25) is 0 Å². The second-order valence-corrected chi connectivity index (χ2v) is 11.6. The topological polar surface area (TPSA) is 119 Å². The predicted molar refractivity (Wildman–Crippen MR) is 131 cm³/mol. The van der Waals surface area contributed by atoms with Crippen molar-refractivity contribution in [2.24, 2.45) is 28.6 Å². The molecule has 2 saturated carbocycles. The van der Waals surface area contributed by atoms with E-state index in [2.05, 4.69) is 18.0 Å². The number of rotatable bonds is 4. The Balaban J connectivity index is 1.42. The van der Waals surface area contributed by atoms with Crippen LogP contribution < -0.4 is 4.74 Å². The molecule has 6 rings (SSSR count). The van der Waals surface area contributed by atoms with Gasteiger partial charge < -0.3 is 19.3 Å². The number of aliphatic hydroxyl groups excluding tert-OH is 1. The fourth-order valence-corrected chi connectivity index (χ4v) is 8.57. The second-order valence-electron chi connectivity index (χ2n) is 11.6. The van der Waals surface area contributed by atoms with E-state index in [9.17, 15) is 20.0 Å². The minimum atomic E-state index is -1.37. The minimum absolute atomic E-state index is 0.0333. The molecule has 0 spiro atoms. The third-order valence-corrected chi connectivity index (χ3v) is 10.1. The smallest absolute Gasteiger partial charge is 0.221 e. The standard InChI is InChI=1S/C29H32N2O6/c1-27-10-8-17(32)13-16(27)6-7-18-20-14-23-29(22(34)9-11-30,28(20,2)15-21(33)24(18)27)37-26(36-23)19-5-4-12-31-25(19)35-3/h4-6,8,10,12,18,20-21,23-24,26,33H,7,9,13-15H2,1-3H3/t18-,20-,21-,23+,24+,26?,27-,28-,29+/m0/s1. The van der Waals surface area contributed by atoms with E-state index in [1.807, 2.05) is 19.1 Å². The third-order valence-electron chi connectivity index (χ3n) is 10.1. The number of fused-ring (bicyclic) bond motifs is 7. The molecule has 0 aromatic carbocycles. The zero-order valence-electron chi connectivity index (χ0n) is 21.3. The Kier molecular flexibility index (Phi) is 5.50. The van der Waals surface area contributed by atoms with Gasteiger partial charge in [0.05, 0.1) is 37.4 Å². The van der Waals surface area contributed by atoms with E-state index in [-0.39, 0.29) is 35.7 Å². The highest BCUT2D eigenvalue weighted by Crippen LogP contribution is 2.70. The molecule has 2 heterocycles. The number of carbonyl (C=O) groups is 2. The largest absolute Gasteiger partial charge is 0.481 e. The number of methoxy groups -OCH3 is 1. The van der Waals surface area contributed by atoms with Gasteiger partial charge in [-0.05, 0) is 49.3 Å². The van der Waals surface area contributed by atoms with E-state index in [1.165, 1.54) is 7.11 Å². The van der Waals surface area contributed by atoms with Crippen molar-refractivity contribution >= 4 is 11.6 Å². The first-order valence-electron chi connectivity index (χ1n) is 13.0. The number of aromatic nitrogens is 1. The summed E-state index contributed by atoms with van der Waals surface area (Å²) in [6, 6.07) is 5.58. The Bertz CT molecular complexity index is 1270. The maximum absolute atomic E-state index is 13.8. The fourth-order valence-electron chi connectivity index (χ4n) is 8.57. The predicted octanol–water partition coefficient (Wildman–Crippen LogP) is 3.61. The van der Waals surface area contributed by atoms with Crippen molar-refractivity contribution in [1.82, 2.24) is 4.98 Å². The average Bonchev–Trinajstić information content (AvgIpc) is 3.37. The second kappa shape index (κ2) is 8.32. The number of aliphatic hydroxyl groups is 1. The molecule has 194 valence electrons. The highest BCUT2D eigenvalue weighted by molar-refractivity contribution is 5.93. The van der Waals surface area contributed by atoms with Gasteiger partial charge in [0.1, 0.15) is 0 Å². The van der Waals surface area contributed by atoms with Gasteiger partial charge in [-0.25, -0.2) is 4.98 Å². The van der Waals surface area contributed by atoms with Crippen molar-refractivity contribution in [2.75, 3.05) is 7.11 Å². The number of hydrogen-bond acceptors (Lipinski definition) is 8. The van der Waals surface area contributed by atoms with E-state index in [1.54, 1.807) is 24.4 Å². The lowest BCUT2D eigenvalue weighted by Gasteiger charge is -2.59. The van der Waals surface area contributed by atoms with Crippen LogP contribution >= 0.6 is 0 Å². The van der Waals surface area contributed by atoms with Crippen molar-refractivity contribution in [3.63, 3.8) is 0 Å². The summed E-state index contributed by atoms with van der Waals surface area (Å²) in [6.45, 7) is 4.15. The molecule has 4 aliphatic carbocycles. The summed E-state index contributed by atoms with van der Waals surface area (Å²) in [5.74, 6) is 0.181. The molecule has 1 unspecified atom stereocenters. The molecular weight excluding hydrogens is 472 g/mol. The Morgan fingerprint density at radius 2 is 2.19 bits per heavy atom. The Morgan fingerprint density at radius 1 is 1.38 bits per heavy atom. The van der Waals surface area contributed by atoms with E-state index in [0.717, 1.165) is 12.0 Å². The van der Waals surface area contributed by atoms with Crippen molar-refractivity contribution < 1.29 is 28.9 Å². The molecule has 1 N–H and O–H groups in total. The molecule has 9 atom stereocenters. The summed E-state index contributed by atoms with van der Waals surface area (Å²) in [5, 5.41) is 21.2. The monoisotopic (exact) mass is 504 g/mol. The molecule has 3 fully saturated rings. The molecule has 8 nitrogen and oxygen atoms in total. The van der Waals surface area contributed by atoms with Crippen molar-refractivity contribution in [2.45, 2.75) is 70.1 Å². The van der Waals surface area contributed by atoms with Crippen LogP contribution in [0, 0.1) is 39.9 Å². The van der Waals surface area contributed by atoms with Gasteiger partial charge in [0, 0.05) is 29.4 Å². The van der Waals surface area contributed by atoms with Crippen LogP contribution in [0.1, 0.15) is 57.8 Å². The van der Waals surface area contributed by atoms with Crippen LogP contribution in [0.4, 0.5) is 0 Å². The van der Waals surface area contributed by atoms with Gasteiger partial charge in [-0.2, -0.15) is 5.26 Å².